The van der Waals surface area contributed by atoms with Gasteiger partial charge in [-0.15, -0.1) is 0 Å². The summed E-state index contributed by atoms with van der Waals surface area (Å²) in [6, 6.07) is 15.8. The summed E-state index contributed by atoms with van der Waals surface area (Å²) in [6.45, 7) is 2.62. The molecule has 0 N–H and O–H groups in total. The van der Waals surface area contributed by atoms with Crippen molar-refractivity contribution in [2.24, 2.45) is 5.92 Å². The van der Waals surface area contributed by atoms with E-state index in [1.807, 2.05) is 11.0 Å². The van der Waals surface area contributed by atoms with Gasteiger partial charge in [0.15, 0.2) is 17.3 Å². The van der Waals surface area contributed by atoms with Crippen LogP contribution >= 0.6 is 0 Å². The van der Waals surface area contributed by atoms with Crippen molar-refractivity contribution in [3.8, 4) is 11.5 Å². The third-order valence-electron chi connectivity index (χ3n) is 6.08. The maximum atomic E-state index is 12.6. The van der Waals surface area contributed by atoms with Crippen LogP contribution < -0.4 is 9.47 Å². The largest absolute Gasteiger partial charge is 0.486 e. The summed E-state index contributed by atoms with van der Waals surface area (Å²) in [5.74, 6) is 2.01. The Bertz CT molecular complexity index is 872. The number of nitrogens with zero attached hydrogens (tertiary/aromatic N) is 1. The van der Waals surface area contributed by atoms with E-state index in [2.05, 4.69) is 24.3 Å². The lowest BCUT2D eigenvalue weighted by Crippen LogP contribution is -2.38. The van der Waals surface area contributed by atoms with Crippen LogP contribution in [0.1, 0.15) is 48.0 Å². The average molecular weight is 408 g/mol. The van der Waals surface area contributed by atoms with Crippen LogP contribution in [0.15, 0.2) is 48.5 Å². The average Bonchev–Trinajstić information content (AvgIpc) is 2.81. The molecule has 5 heteroatoms. The van der Waals surface area contributed by atoms with E-state index >= 15 is 0 Å². The van der Waals surface area contributed by atoms with Gasteiger partial charge in [-0.05, 0) is 55.4 Å². The quantitative estimate of drug-likeness (QED) is 0.643. The van der Waals surface area contributed by atoms with E-state index in [1.54, 1.807) is 18.2 Å². The maximum Gasteiger partial charge on any atom is 0.223 e. The van der Waals surface area contributed by atoms with Crippen molar-refractivity contribution in [2.45, 2.75) is 38.5 Å². The summed E-state index contributed by atoms with van der Waals surface area (Å²) < 4.78 is 11.0. The van der Waals surface area contributed by atoms with Crippen LogP contribution in [-0.4, -0.2) is 42.9 Å². The number of amides is 1. The molecule has 4 rings (SSSR count). The third-order valence-corrected chi connectivity index (χ3v) is 6.08. The highest BCUT2D eigenvalue weighted by Gasteiger charge is 2.23. The Hall–Kier alpha value is -2.82. The number of aryl methyl sites for hydroxylation is 1. The molecule has 2 aromatic rings. The number of carbonyl (C=O) groups is 2. The first-order valence-electron chi connectivity index (χ1n) is 10.9. The number of hydrogen-bond acceptors (Lipinski definition) is 4. The number of carbonyl (C=O) groups excluding carboxylic acids is 2. The SMILES string of the molecule is O=C(CCC(=O)N1CCC(CCc2ccccc2)CC1)c1ccc2c(c1)OCCO2. The first-order chi connectivity index (χ1) is 14.7. The van der Waals surface area contributed by atoms with Gasteiger partial charge in [0.2, 0.25) is 5.91 Å². The lowest BCUT2D eigenvalue weighted by atomic mass is 9.90. The van der Waals surface area contributed by atoms with Gasteiger partial charge in [0.25, 0.3) is 0 Å². The number of fused-ring (bicyclic) bond motifs is 1. The predicted octanol–water partition coefficient (Wildman–Crippen LogP) is 4.29. The number of piperidine rings is 1. The van der Waals surface area contributed by atoms with Crippen LogP contribution in [0.25, 0.3) is 0 Å². The Balaban J connectivity index is 1.20. The van der Waals surface area contributed by atoms with Crippen molar-refractivity contribution in [3.63, 3.8) is 0 Å². The summed E-state index contributed by atoms with van der Waals surface area (Å²) in [4.78, 5) is 27.0. The van der Waals surface area contributed by atoms with E-state index in [1.165, 1.54) is 12.0 Å². The second-order valence-corrected chi connectivity index (χ2v) is 8.13. The zero-order valence-electron chi connectivity index (χ0n) is 17.3. The number of rotatable bonds is 7. The number of ether oxygens (including phenoxy) is 2. The highest BCUT2D eigenvalue weighted by molar-refractivity contribution is 5.98. The molecule has 0 saturated carbocycles. The van der Waals surface area contributed by atoms with Crippen molar-refractivity contribution in [2.75, 3.05) is 26.3 Å². The van der Waals surface area contributed by atoms with Crippen LogP contribution in [0.2, 0.25) is 0 Å². The van der Waals surface area contributed by atoms with Crippen molar-refractivity contribution in [1.82, 2.24) is 4.90 Å². The Morgan fingerprint density at radius 1 is 0.900 bits per heavy atom. The van der Waals surface area contributed by atoms with Crippen molar-refractivity contribution in [1.29, 1.82) is 0 Å². The van der Waals surface area contributed by atoms with E-state index < -0.39 is 0 Å². The normalized spacial score (nSPS) is 16.3. The lowest BCUT2D eigenvalue weighted by Gasteiger charge is -2.32. The third kappa shape index (κ3) is 5.21. The molecule has 0 spiro atoms. The van der Waals surface area contributed by atoms with Gasteiger partial charge in [0, 0.05) is 31.5 Å². The van der Waals surface area contributed by atoms with Gasteiger partial charge in [0.1, 0.15) is 13.2 Å². The molecule has 5 nitrogen and oxygen atoms in total. The summed E-state index contributed by atoms with van der Waals surface area (Å²) in [7, 11) is 0. The molecule has 1 amide bonds. The van der Waals surface area contributed by atoms with Crippen LogP contribution in [0.3, 0.4) is 0 Å². The molecule has 158 valence electrons. The van der Waals surface area contributed by atoms with E-state index in [0.717, 1.165) is 32.4 Å². The molecule has 1 saturated heterocycles. The molecule has 2 aliphatic rings. The number of hydrogen-bond donors (Lipinski definition) is 0. The molecule has 30 heavy (non-hydrogen) atoms. The maximum absolute atomic E-state index is 12.6. The number of benzene rings is 2. The van der Waals surface area contributed by atoms with E-state index in [0.29, 0.717) is 36.2 Å². The number of Topliss-reactive ketones (excluding diaryl/α,β-unsaturated/α-hetero) is 1. The molecule has 2 aromatic carbocycles. The second kappa shape index (κ2) is 9.79. The van der Waals surface area contributed by atoms with Crippen molar-refractivity contribution < 1.29 is 19.1 Å². The molecular weight excluding hydrogens is 378 g/mol. The molecule has 0 radical (unpaired) electrons. The topological polar surface area (TPSA) is 55.8 Å². The zero-order valence-corrected chi connectivity index (χ0v) is 17.3. The monoisotopic (exact) mass is 407 g/mol. The minimum atomic E-state index is -0.0296. The van der Waals surface area contributed by atoms with Gasteiger partial charge in [-0.2, -0.15) is 0 Å². The van der Waals surface area contributed by atoms with Gasteiger partial charge >= 0.3 is 0 Å². The molecule has 0 unspecified atom stereocenters. The fourth-order valence-corrected chi connectivity index (χ4v) is 4.23. The molecule has 2 aliphatic heterocycles. The Kier molecular flexibility index (Phi) is 6.67. The first-order valence-corrected chi connectivity index (χ1v) is 10.9. The number of likely N-dealkylation sites (tertiary alicyclic amines) is 1. The van der Waals surface area contributed by atoms with Crippen LogP contribution in [0.4, 0.5) is 0 Å². The lowest BCUT2D eigenvalue weighted by molar-refractivity contribution is -0.132. The van der Waals surface area contributed by atoms with Crippen molar-refractivity contribution >= 4 is 11.7 Å². The van der Waals surface area contributed by atoms with Crippen LogP contribution in [0.5, 0.6) is 11.5 Å². The van der Waals surface area contributed by atoms with Crippen molar-refractivity contribution in [3.05, 3.63) is 59.7 Å². The predicted molar refractivity (Wildman–Crippen MR) is 115 cm³/mol. The molecule has 0 bridgehead atoms. The second-order valence-electron chi connectivity index (χ2n) is 8.13. The van der Waals surface area contributed by atoms with Gasteiger partial charge < -0.3 is 14.4 Å². The minimum Gasteiger partial charge on any atom is -0.486 e. The smallest absolute Gasteiger partial charge is 0.223 e. The fourth-order valence-electron chi connectivity index (χ4n) is 4.23. The summed E-state index contributed by atoms with van der Waals surface area (Å²) in [5, 5.41) is 0. The highest BCUT2D eigenvalue weighted by Crippen LogP contribution is 2.31. The van der Waals surface area contributed by atoms with E-state index in [4.69, 9.17) is 9.47 Å². The first kappa shape index (κ1) is 20.5. The molecule has 2 heterocycles. The van der Waals surface area contributed by atoms with Gasteiger partial charge in [0.05, 0.1) is 0 Å². The number of ketones is 1. The zero-order chi connectivity index (χ0) is 20.8. The Labute approximate surface area is 178 Å². The molecule has 0 atom stereocenters. The van der Waals surface area contributed by atoms with Gasteiger partial charge in [-0.1, -0.05) is 30.3 Å². The van der Waals surface area contributed by atoms with E-state index in [9.17, 15) is 9.59 Å². The Morgan fingerprint density at radius 3 is 2.40 bits per heavy atom. The molecule has 0 aliphatic carbocycles. The van der Waals surface area contributed by atoms with Gasteiger partial charge in [-0.3, -0.25) is 9.59 Å². The molecule has 1 fully saturated rings. The summed E-state index contributed by atoms with van der Waals surface area (Å²) in [6.07, 6.45) is 4.87. The van der Waals surface area contributed by atoms with Crippen LogP contribution in [-0.2, 0) is 11.2 Å². The minimum absolute atomic E-state index is 0.0296. The Morgan fingerprint density at radius 2 is 1.63 bits per heavy atom. The van der Waals surface area contributed by atoms with Gasteiger partial charge in [-0.25, -0.2) is 0 Å². The summed E-state index contributed by atoms with van der Waals surface area (Å²) in [5.41, 5.74) is 1.96. The molecular formula is C25H29NO4. The molecule has 0 aromatic heterocycles. The standard InChI is InChI=1S/C25H29NO4/c27-22(21-8-10-23-24(18-21)30-17-16-29-23)9-11-25(28)26-14-12-20(13-15-26)7-6-19-4-2-1-3-5-19/h1-5,8,10,18,20H,6-7,9,11-17H2. The summed E-state index contributed by atoms with van der Waals surface area (Å²) >= 11 is 0. The fraction of sp³-hybridized carbons (Fsp3) is 0.440. The van der Waals surface area contributed by atoms with E-state index in [-0.39, 0.29) is 24.5 Å². The van der Waals surface area contributed by atoms with Crippen LogP contribution in [0, 0.1) is 5.92 Å². The highest BCUT2D eigenvalue weighted by atomic mass is 16.6.